The predicted octanol–water partition coefficient (Wildman–Crippen LogP) is 5.74. The number of hydrogen-bond donors (Lipinski definition) is 4. The molecule has 3 aromatic rings. The van der Waals surface area contributed by atoms with Crippen molar-refractivity contribution in [3.05, 3.63) is 113 Å². The van der Waals surface area contributed by atoms with Crippen molar-refractivity contribution in [3.8, 4) is 5.75 Å². The molecule has 322 valence electrons. The zero-order valence-electron chi connectivity index (χ0n) is 34.6. The summed E-state index contributed by atoms with van der Waals surface area (Å²) >= 11 is 0. The number of anilines is 1. The molecule has 2 aliphatic heterocycles. The van der Waals surface area contributed by atoms with Crippen LogP contribution in [0, 0.1) is 0 Å². The van der Waals surface area contributed by atoms with Crippen molar-refractivity contribution in [2.75, 3.05) is 31.1 Å². The van der Waals surface area contributed by atoms with Crippen LogP contribution in [-0.2, 0) is 47.1 Å². The molecule has 2 heterocycles. The van der Waals surface area contributed by atoms with E-state index in [2.05, 4.69) is 14.8 Å². The van der Waals surface area contributed by atoms with Crippen molar-refractivity contribution >= 4 is 49.2 Å². The summed E-state index contributed by atoms with van der Waals surface area (Å²) in [5.74, 6) is -0.557. The Balaban J connectivity index is 1.21. The van der Waals surface area contributed by atoms with Crippen LogP contribution in [-0.4, -0.2) is 85.5 Å². The number of nitrogens with zero attached hydrogens (tertiary/aromatic N) is 2. The molecule has 0 radical (unpaired) electrons. The van der Waals surface area contributed by atoms with E-state index in [0.717, 1.165) is 52.3 Å². The van der Waals surface area contributed by atoms with Gasteiger partial charge in [-0.2, -0.15) is 13.0 Å². The lowest BCUT2D eigenvalue weighted by molar-refractivity contribution is -0.438. The number of hydrogen-bond acceptors (Lipinski definition) is 10. The summed E-state index contributed by atoms with van der Waals surface area (Å²) in [5, 5.41) is 11.9. The normalized spacial score (nSPS) is 17.1. The number of likely N-dealkylation sites (N-methyl/N-ethyl adjacent to an activating group) is 1. The van der Waals surface area contributed by atoms with E-state index in [9.17, 15) is 35.5 Å². The fraction of sp³-hybridized carbons (Fsp3) is 0.386. The Bertz CT molecular complexity index is 2450. The summed E-state index contributed by atoms with van der Waals surface area (Å²) in [6.45, 7) is 11.8. The minimum Gasteiger partial charge on any atom is -0.744 e. The molecule has 60 heavy (non-hydrogen) atoms. The van der Waals surface area contributed by atoms with Gasteiger partial charge in [0, 0.05) is 53.9 Å². The van der Waals surface area contributed by atoms with E-state index in [0.29, 0.717) is 38.2 Å². The van der Waals surface area contributed by atoms with Gasteiger partial charge in [0.05, 0.1) is 21.8 Å². The monoisotopic (exact) mass is 862 g/mol. The van der Waals surface area contributed by atoms with Crippen LogP contribution in [0.2, 0.25) is 0 Å². The van der Waals surface area contributed by atoms with Crippen molar-refractivity contribution in [3.63, 3.8) is 0 Å². The average Bonchev–Trinajstić information content (AvgIpc) is 3.53. The number of nitrogens with two attached hydrogens (primary N) is 1. The Morgan fingerprint density at radius 2 is 1.60 bits per heavy atom. The van der Waals surface area contributed by atoms with Gasteiger partial charge in [-0.25, -0.2) is 8.42 Å². The number of carboxylic acid groups (broad SMARTS) is 1. The first-order chi connectivity index (χ1) is 28.2. The molecule has 1 atom stereocenters. The zero-order chi connectivity index (χ0) is 44.0. The topological polar surface area (TPSA) is 219 Å². The molecule has 0 saturated carbocycles. The van der Waals surface area contributed by atoms with Crippen LogP contribution >= 0.6 is 0 Å². The Kier molecular flexibility index (Phi) is 14.3. The molecular formula is C44H54N4O10S2. The summed E-state index contributed by atoms with van der Waals surface area (Å²) in [6, 6.07) is 15.1. The number of allylic oxidation sites excluding steroid dienone is 6. The molecule has 5 rings (SSSR count). The average molecular weight is 863 g/mol. The van der Waals surface area contributed by atoms with Gasteiger partial charge >= 0.3 is 5.97 Å². The van der Waals surface area contributed by atoms with Gasteiger partial charge in [-0.05, 0) is 99.7 Å². The molecule has 14 nitrogen and oxygen atoms in total. The van der Waals surface area contributed by atoms with Crippen LogP contribution in [0.4, 0.5) is 11.4 Å². The van der Waals surface area contributed by atoms with Crippen molar-refractivity contribution < 1.29 is 49.9 Å². The number of carbonyl (C=O) groups excluding carboxylic acids is 1. The van der Waals surface area contributed by atoms with Crippen LogP contribution in [0.25, 0.3) is 0 Å². The first-order valence-electron chi connectivity index (χ1n) is 19.8. The number of benzene rings is 3. The summed E-state index contributed by atoms with van der Waals surface area (Å²) in [4.78, 5) is 25.2. The maximum absolute atomic E-state index is 12.6. The highest BCUT2D eigenvalue weighted by Crippen LogP contribution is 2.48. The molecule has 0 unspecified atom stereocenters. The Morgan fingerprint density at radius 1 is 0.917 bits per heavy atom. The smallest absolute Gasteiger partial charge is 0.320 e. The van der Waals surface area contributed by atoms with E-state index in [-0.39, 0.29) is 28.7 Å². The van der Waals surface area contributed by atoms with Gasteiger partial charge in [0.15, 0.2) is 5.71 Å². The lowest BCUT2D eigenvalue weighted by Gasteiger charge is -2.25. The largest absolute Gasteiger partial charge is 0.744 e. The summed E-state index contributed by atoms with van der Waals surface area (Å²) in [7, 11) is -9.04. The fourth-order valence-corrected chi connectivity index (χ4v) is 8.81. The SMILES string of the molecule is CCN1C(=CC=CC=CC2=[N+](CCCCCC(=O)NCCOc3ccc(C[C@H](N)C(=O)O)cc3)c3ccc(S(=O)(=O)O)cc3C2(C)C)C(C)(C)c2cc(S(=O)(=O)[O-])ccc21. The third-order valence-electron chi connectivity index (χ3n) is 11.0. The fourth-order valence-electron chi connectivity index (χ4n) is 7.81. The molecule has 0 saturated heterocycles. The van der Waals surface area contributed by atoms with Gasteiger partial charge in [0.1, 0.15) is 35.1 Å². The van der Waals surface area contributed by atoms with E-state index in [1.54, 1.807) is 36.4 Å². The Hall–Kier alpha value is -5.13. The second-order valence-electron chi connectivity index (χ2n) is 15.9. The van der Waals surface area contributed by atoms with Crippen LogP contribution in [0.1, 0.15) is 77.0 Å². The second-order valence-corrected chi connectivity index (χ2v) is 18.7. The summed E-state index contributed by atoms with van der Waals surface area (Å²) in [5.41, 5.74) is 10.2. The number of aliphatic carboxylic acids is 1. The minimum atomic E-state index is -4.61. The maximum Gasteiger partial charge on any atom is 0.320 e. The minimum absolute atomic E-state index is 0.0916. The van der Waals surface area contributed by atoms with Crippen LogP contribution in [0.5, 0.6) is 5.75 Å². The molecule has 0 fully saturated rings. The highest BCUT2D eigenvalue weighted by Gasteiger charge is 2.45. The van der Waals surface area contributed by atoms with Crippen molar-refractivity contribution in [2.45, 2.75) is 93.4 Å². The third-order valence-corrected chi connectivity index (χ3v) is 12.7. The predicted molar refractivity (Wildman–Crippen MR) is 229 cm³/mol. The molecule has 3 aromatic carbocycles. The molecule has 16 heteroatoms. The van der Waals surface area contributed by atoms with E-state index >= 15 is 0 Å². The van der Waals surface area contributed by atoms with Gasteiger partial charge in [-0.1, -0.05) is 44.2 Å². The summed E-state index contributed by atoms with van der Waals surface area (Å²) in [6.07, 6.45) is 12.4. The zero-order valence-corrected chi connectivity index (χ0v) is 36.2. The first kappa shape index (κ1) is 45.9. The lowest BCUT2D eigenvalue weighted by atomic mass is 9.81. The number of carbonyl (C=O) groups is 2. The van der Waals surface area contributed by atoms with Gasteiger partial charge in [-0.15, -0.1) is 0 Å². The Labute approximate surface area is 352 Å². The third kappa shape index (κ3) is 10.6. The first-order valence-corrected chi connectivity index (χ1v) is 22.7. The number of amides is 1. The van der Waals surface area contributed by atoms with E-state index < -0.39 is 43.1 Å². The standard InChI is InChI=1S/C44H54N4O10S2/c1-6-47-37-22-20-32(59(52,53)54)28-34(37)43(2,3)39(47)13-9-7-10-14-40-44(4,5)35-29-33(60(55,56)57)21-23-38(35)48(40)25-12-8-11-15-41(49)46-24-26-58-31-18-16-30(17-19-31)27-36(45)42(50)51/h7,9-10,13-14,16-23,28-29,36H,6,8,11-12,15,24-27,45H2,1-5H3,(H3-,46,49,50,51,52,53,54,55,56,57)/t36-/m0/s1. The number of fused-ring (bicyclic) bond motifs is 2. The number of nitrogens with one attached hydrogen (secondary N) is 1. The molecule has 0 aromatic heterocycles. The molecule has 0 aliphatic carbocycles. The van der Waals surface area contributed by atoms with Crippen LogP contribution in [0.3, 0.4) is 0 Å². The van der Waals surface area contributed by atoms with Crippen LogP contribution in [0.15, 0.2) is 107 Å². The quantitative estimate of drug-likeness (QED) is 0.0491. The highest BCUT2D eigenvalue weighted by atomic mass is 32.2. The number of unbranched alkanes of at least 4 members (excludes halogenated alkanes) is 2. The van der Waals surface area contributed by atoms with Crippen LogP contribution < -0.4 is 20.7 Å². The maximum atomic E-state index is 12.6. The van der Waals surface area contributed by atoms with E-state index in [1.165, 1.54) is 24.3 Å². The van der Waals surface area contributed by atoms with Gasteiger partial charge in [0.25, 0.3) is 10.1 Å². The lowest BCUT2D eigenvalue weighted by Crippen LogP contribution is -2.32. The summed E-state index contributed by atoms with van der Waals surface area (Å²) < 4.78 is 77.2. The van der Waals surface area contributed by atoms with E-state index in [4.69, 9.17) is 15.6 Å². The molecule has 2 aliphatic rings. The molecule has 1 amide bonds. The Morgan fingerprint density at radius 3 is 2.25 bits per heavy atom. The van der Waals surface area contributed by atoms with Crippen molar-refractivity contribution in [1.82, 2.24) is 5.32 Å². The molecular weight excluding hydrogens is 809 g/mol. The second kappa shape index (κ2) is 18.6. The highest BCUT2D eigenvalue weighted by molar-refractivity contribution is 7.86. The van der Waals surface area contributed by atoms with Gasteiger partial charge in [0.2, 0.25) is 11.6 Å². The van der Waals surface area contributed by atoms with E-state index in [1.807, 2.05) is 65.0 Å². The molecule has 0 bridgehead atoms. The number of rotatable bonds is 19. The molecule has 0 spiro atoms. The number of carboxylic acids is 1. The molecule has 5 N–H and O–H groups in total. The number of ether oxygens (including phenoxy) is 1. The van der Waals surface area contributed by atoms with Gasteiger partial charge in [-0.3, -0.25) is 14.1 Å². The van der Waals surface area contributed by atoms with Crippen molar-refractivity contribution in [1.29, 1.82) is 0 Å². The van der Waals surface area contributed by atoms with Crippen molar-refractivity contribution in [2.24, 2.45) is 5.73 Å². The van der Waals surface area contributed by atoms with Gasteiger partial charge < -0.3 is 30.3 Å².